The van der Waals surface area contributed by atoms with Crippen molar-refractivity contribution < 1.29 is 14.4 Å². The number of nitrogens with zero attached hydrogens (tertiary/aromatic N) is 2. The molecule has 1 aromatic carbocycles. The molecule has 0 radical (unpaired) electrons. The lowest BCUT2D eigenvalue weighted by Gasteiger charge is -2.33. The Bertz CT molecular complexity index is 947. The highest BCUT2D eigenvalue weighted by atomic mass is 32.1. The molecule has 178 valence electrons. The highest BCUT2D eigenvalue weighted by Crippen LogP contribution is 2.22. The van der Waals surface area contributed by atoms with Gasteiger partial charge in [0.1, 0.15) is 0 Å². The molecule has 8 heteroatoms. The predicted molar refractivity (Wildman–Crippen MR) is 133 cm³/mol. The molecule has 0 atom stereocenters. The summed E-state index contributed by atoms with van der Waals surface area (Å²) in [4.78, 5) is 42.3. The van der Waals surface area contributed by atoms with E-state index in [9.17, 15) is 14.4 Å². The Hall–Kier alpha value is -2.71. The lowest BCUT2D eigenvalue weighted by molar-refractivity contribution is -0.126. The van der Waals surface area contributed by atoms with Crippen molar-refractivity contribution in [2.24, 2.45) is 11.3 Å². The summed E-state index contributed by atoms with van der Waals surface area (Å²) in [5.74, 6) is -0.176. The molecule has 1 fully saturated rings. The van der Waals surface area contributed by atoms with E-state index in [0.29, 0.717) is 48.6 Å². The number of amides is 3. The van der Waals surface area contributed by atoms with Crippen LogP contribution in [0.25, 0.3) is 0 Å². The molecule has 0 unspecified atom stereocenters. The van der Waals surface area contributed by atoms with Gasteiger partial charge in [0.05, 0.1) is 4.88 Å². The summed E-state index contributed by atoms with van der Waals surface area (Å²) >= 11 is 1.38. The zero-order valence-corrected chi connectivity index (χ0v) is 20.7. The third-order valence-corrected chi connectivity index (χ3v) is 6.64. The smallest absolute Gasteiger partial charge is 0.265 e. The SMILES string of the molecule is CN(C)CC(C)(C)CNC(=O)C1CCN(C(=O)c2ccc(NC(=O)c3cccs3)cc2)CC1. The quantitative estimate of drug-likeness (QED) is 0.618. The third-order valence-electron chi connectivity index (χ3n) is 5.77. The Morgan fingerprint density at radius 1 is 1.09 bits per heavy atom. The standard InChI is InChI=1S/C25H34N4O3S/c1-25(2,17-28(3)4)16-26-22(30)18-11-13-29(14-12-18)24(32)19-7-9-20(10-8-19)27-23(31)21-6-5-15-33-21/h5-10,15,18H,11-14,16-17H2,1-4H3,(H,26,30)(H,27,31). The van der Waals surface area contributed by atoms with E-state index in [2.05, 4.69) is 29.4 Å². The van der Waals surface area contributed by atoms with Gasteiger partial charge >= 0.3 is 0 Å². The van der Waals surface area contributed by atoms with E-state index in [4.69, 9.17) is 0 Å². The van der Waals surface area contributed by atoms with Gasteiger partial charge in [0.2, 0.25) is 5.91 Å². The fourth-order valence-corrected chi connectivity index (χ4v) is 4.83. The van der Waals surface area contributed by atoms with E-state index in [-0.39, 0.29) is 29.1 Å². The molecule has 0 bridgehead atoms. The first-order chi connectivity index (χ1) is 15.6. The van der Waals surface area contributed by atoms with Gasteiger partial charge in [0.25, 0.3) is 11.8 Å². The van der Waals surface area contributed by atoms with Gasteiger partial charge in [-0.2, -0.15) is 0 Å². The van der Waals surface area contributed by atoms with E-state index < -0.39 is 0 Å². The van der Waals surface area contributed by atoms with Crippen LogP contribution in [0.15, 0.2) is 41.8 Å². The number of hydrogen-bond donors (Lipinski definition) is 2. The number of nitrogens with one attached hydrogen (secondary N) is 2. The van der Waals surface area contributed by atoms with Crippen LogP contribution in [-0.2, 0) is 4.79 Å². The zero-order valence-electron chi connectivity index (χ0n) is 19.9. The first-order valence-corrected chi connectivity index (χ1v) is 12.2. The van der Waals surface area contributed by atoms with Crippen molar-refractivity contribution in [2.45, 2.75) is 26.7 Å². The molecule has 33 heavy (non-hydrogen) atoms. The molecule has 1 aliphatic heterocycles. The third kappa shape index (κ3) is 7.14. The normalized spacial score (nSPS) is 14.9. The molecule has 3 amide bonds. The number of hydrogen-bond acceptors (Lipinski definition) is 5. The molecule has 2 heterocycles. The predicted octanol–water partition coefficient (Wildman–Crippen LogP) is 3.56. The van der Waals surface area contributed by atoms with Crippen LogP contribution < -0.4 is 10.6 Å². The molecule has 1 aromatic heterocycles. The van der Waals surface area contributed by atoms with Gasteiger partial charge in [-0.1, -0.05) is 19.9 Å². The van der Waals surface area contributed by atoms with Crippen molar-refractivity contribution in [1.82, 2.24) is 15.1 Å². The number of rotatable bonds is 8. The largest absolute Gasteiger partial charge is 0.355 e. The van der Waals surface area contributed by atoms with Gasteiger partial charge in [-0.05, 0) is 68.1 Å². The summed E-state index contributed by atoms with van der Waals surface area (Å²) in [6.45, 7) is 6.96. The molecule has 7 nitrogen and oxygen atoms in total. The first-order valence-electron chi connectivity index (χ1n) is 11.3. The topological polar surface area (TPSA) is 81.8 Å². The minimum Gasteiger partial charge on any atom is -0.355 e. The second-order valence-corrected chi connectivity index (χ2v) is 10.6. The van der Waals surface area contributed by atoms with Crippen molar-refractivity contribution in [3.8, 4) is 0 Å². The van der Waals surface area contributed by atoms with Crippen LogP contribution in [0.1, 0.15) is 46.7 Å². The second-order valence-electron chi connectivity index (χ2n) is 9.70. The van der Waals surface area contributed by atoms with Crippen LogP contribution in [0, 0.1) is 11.3 Å². The molecular formula is C25H34N4O3S. The maximum Gasteiger partial charge on any atom is 0.265 e. The van der Waals surface area contributed by atoms with E-state index >= 15 is 0 Å². The number of anilines is 1. The number of likely N-dealkylation sites (tertiary alicyclic amines) is 1. The highest BCUT2D eigenvalue weighted by molar-refractivity contribution is 7.12. The van der Waals surface area contributed by atoms with Crippen molar-refractivity contribution >= 4 is 34.7 Å². The molecule has 1 saturated heterocycles. The summed E-state index contributed by atoms with van der Waals surface area (Å²) in [5, 5.41) is 7.80. The highest BCUT2D eigenvalue weighted by Gasteiger charge is 2.29. The number of carbonyl (C=O) groups excluding carboxylic acids is 3. The fourth-order valence-electron chi connectivity index (χ4n) is 4.21. The van der Waals surface area contributed by atoms with Gasteiger partial charge < -0.3 is 20.4 Å². The van der Waals surface area contributed by atoms with Crippen LogP contribution in [0.5, 0.6) is 0 Å². The van der Waals surface area contributed by atoms with Gasteiger partial charge in [-0.15, -0.1) is 11.3 Å². The maximum atomic E-state index is 12.9. The molecule has 0 spiro atoms. The number of thiophene rings is 1. The van der Waals surface area contributed by atoms with Crippen molar-refractivity contribution in [1.29, 1.82) is 0 Å². The second kappa shape index (κ2) is 10.9. The molecule has 0 saturated carbocycles. The van der Waals surface area contributed by atoms with Crippen LogP contribution in [0.2, 0.25) is 0 Å². The minimum absolute atomic E-state index is 0.00519. The summed E-state index contributed by atoms with van der Waals surface area (Å²) in [6.07, 6.45) is 1.33. The Labute approximate surface area is 200 Å². The Morgan fingerprint density at radius 2 is 1.76 bits per heavy atom. The van der Waals surface area contributed by atoms with E-state index in [0.717, 1.165) is 6.54 Å². The monoisotopic (exact) mass is 470 g/mol. The average Bonchev–Trinajstić information content (AvgIpc) is 3.32. The van der Waals surface area contributed by atoms with Crippen molar-refractivity contribution in [3.05, 3.63) is 52.2 Å². The molecule has 1 aliphatic rings. The molecule has 2 N–H and O–H groups in total. The lowest BCUT2D eigenvalue weighted by Crippen LogP contribution is -2.46. The van der Waals surface area contributed by atoms with Gasteiger partial charge in [0, 0.05) is 43.3 Å². The Balaban J connectivity index is 1.47. The molecular weight excluding hydrogens is 436 g/mol. The number of benzene rings is 1. The molecule has 2 aromatic rings. The van der Waals surface area contributed by atoms with E-state index in [1.807, 2.05) is 25.5 Å². The average molecular weight is 471 g/mol. The van der Waals surface area contributed by atoms with Crippen molar-refractivity contribution in [3.63, 3.8) is 0 Å². The van der Waals surface area contributed by atoms with Gasteiger partial charge in [0.15, 0.2) is 0 Å². The number of piperidine rings is 1. The fraction of sp³-hybridized carbons (Fsp3) is 0.480. The van der Waals surface area contributed by atoms with Crippen LogP contribution in [-0.4, -0.2) is 67.8 Å². The van der Waals surface area contributed by atoms with Gasteiger partial charge in [-0.25, -0.2) is 0 Å². The first kappa shape index (κ1) is 24.9. The van der Waals surface area contributed by atoms with E-state index in [1.165, 1.54) is 11.3 Å². The van der Waals surface area contributed by atoms with Crippen LogP contribution >= 0.6 is 11.3 Å². The molecule has 3 rings (SSSR count). The summed E-state index contributed by atoms with van der Waals surface area (Å²) in [7, 11) is 4.07. The molecule has 0 aliphatic carbocycles. The van der Waals surface area contributed by atoms with Crippen LogP contribution in [0.4, 0.5) is 5.69 Å². The van der Waals surface area contributed by atoms with E-state index in [1.54, 1.807) is 35.2 Å². The minimum atomic E-state index is -0.158. The summed E-state index contributed by atoms with van der Waals surface area (Å²) < 4.78 is 0. The van der Waals surface area contributed by atoms with Gasteiger partial charge in [-0.3, -0.25) is 14.4 Å². The Kier molecular flexibility index (Phi) is 8.26. The maximum absolute atomic E-state index is 12.9. The van der Waals surface area contributed by atoms with Crippen LogP contribution in [0.3, 0.4) is 0 Å². The number of carbonyl (C=O) groups is 3. The summed E-state index contributed by atoms with van der Waals surface area (Å²) in [5.41, 5.74) is 1.24. The van der Waals surface area contributed by atoms with Crippen molar-refractivity contribution in [2.75, 3.05) is 45.6 Å². The Morgan fingerprint density at radius 3 is 2.33 bits per heavy atom. The lowest BCUT2D eigenvalue weighted by atomic mass is 9.91. The summed E-state index contributed by atoms with van der Waals surface area (Å²) in [6, 6.07) is 10.6. The zero-order chi connectivity index (χ0) is 24.0.